The van der Waals surface area contributed by atoms with E-state index in [9.17, 15) is 4.79 Å². The highest BCUT2D eigenvalue weighted by atomic mass is 16.1. The maximum absolute atomic E-state index is 11.7. The molecular weight excluding hydrogens is 196 g/mol. The molecule has 0 heterocycles. The highest BCUT2D eigenvalue weighted by molar-refractivity contribution is 5.95. The quantitative estimate of drug-likeness (QED) is 0.512. The maximum Gasteiger partial charge on any atom is 0.158 e. The van der Waals surface area contributed by atoms with E-state index in [0.29, 0.717) is 5.78 Å². The van der Waals surface area contributed by atoms with Crippen LogP contribution >= 0.6 is 0 Å². The highest BCUT2D eigenvalue weighted by Crippen LogP contribution is 2.20. The maximum atomic E-state index is 11.7. The van der Waals surface area contributed by atoms with Gasteiger partial charge in [0.2, 0.25) is 0 Å². The molecule has 92 valence electrons. The van der Waals surface area contributed by atoms with Crippen molar-refractivity contribution in [2.45, 2.75) is 77.6 Å². The zero-order valence-corrected chi connectivity index (χ0v) is 10.8. The Balaban J connectivity index is 1.92. The van der Waals surface area contributed by atoms with Gasteiger partial charge in [-0.25, -0.2) is 0 Å². The summed E-state index contributed by atoms with van der Waals surface area (Å²) >= 11 is 0. The molecule has 0 radical (unpaired) electrons. The molecule has 0 saturated carbocycles. The summed E-state index contributed by atoms with van der Waals surface area (Å²) < 4.78 is 0. The molecule has 16 heavy (non-hydrogen) atoms. The van der Waals surface area contributed by atoms with Crippen LogP contribution < -0.4 is 0 Å². The van der Waals surface area contributed by atoms with Crippen molar-refractivity contribution >= 4 is 5.78 Å². The molecule has 1 rings (SSSR count). The number of rotatable bonds is 9. The van der Waals surface area contributed by atoms with Gasteiger partial charge in [-0.3, -0.25) is 4.79 Å². The zero-order chi connectivity index (χ0) is 11.6. The van der Waals surface area contributed by atoms with Gasteiger partial charge in [0.1, 0.15) is 0 Å². The molecule has 1 aliphatic rings. The van der Waals surface area contributed by atoms with Crippen LogP contribution in [-0.4, -0.2) is 5.78 Å². The second kappa shape index (κ2) is 8.55. The van der Waals surface area contributed by atoms with Crippen molar-refractivity contribution in [3.8, 4) is 0 Å². The first-order chi connectivity index (χ1) is 7.84. The predicted molar refractivity (Wildman–Crippen MR) is 69.6 cm³/mol. The highest BCUT2D eigenvalue weighted by Gasteiger charge is 2.12. The van der Waals surface area contributed by atoms with Crippen LogP contribution in [0.3, 0.4) is 0 Å². The molecule has 1 aliphatic carbocycles. The van der Waals surface area contributed by atoms with Crippen LogP contribution in [0.4, 0.5) is 0 Å². The van der Waals surface area contributed by atoms with Gasteiger partial charge in [0.15, 0.2) is 5.78 Å². The summed E-state index contributed by atoms with van der Waals surface area (Å²) in [5, 5.41) is 0. The molecule has 0 spiro atoms. The Kier molecular flexibility index (Phi) is 7.20. The van der Waals surface area contributed by atoms with Gasteiger partial charge >= 0.3 is 0 Å². The molecule has 0 atom stereocenters. The zero-order valence-electron chi connectivity index (χ0n) is 10.8. The van der Waals surface area contributed by atoms with Crippen molar-refractivity contribution in [3.05, 3.63) is 11.6 Å². The fourth-order valence-corrected chi connectivity index (χ4v) is 2.33. The Bertz CT molecular complexity index is 228. The Hall–Kier alpha value is -0.590. The summed E-state index contributed by atoms with van der Waals surface area (Å²) in [5.41, 5.74) is 1.12. The Morgan fingerprint density at radius 3 is 2.44 bits per heavy atom. The van der Waals surface area contributed by atoms with E-state index < -0.39 is 0 Å². The summed E-state index contributed by atoms with van der Waals surface area (Å²) in [6.45, 7) is 2.24. The van der Waals surface area contributed by atoms with Crippen molar-refractivity contribution < 1.29 is 4.79 Å². The van der Waals surface area contributed by atoms with Gasteiger partial charge in [0, 0.05) is 6.42 Å². The van der Waals surface area contributed by atoms with Crippen LogP contribution in [-0.2, 0) is 4.79 Å². The molecule has 0 saturated heterocycles. The van der Waals surface area contributed by atoms with Gasteiger partial charge in [-0.05, 0) is 31.3 Å². The van der Waals surface area contributed by atoms with Gasteiger partial charge in [-0.15, -0.1) is 0 Å². The fourth-order valence-electron chi connectivity index (χ4n) is 2.33. The molecule has 0 fully saturated rings. The molecule has 0 amide bonds. The smallest absolute Gasteiger partial charge is 0.158 e. The molecule has 1 heteroatoms. The number of hydrogen-bond acceptors (Lipinski definition) is 1. The molecule has 0 bridgehead atoms. The summed E-state index contributed by atoms with van der Waals surface area (Å²) in [4.78, 5) is 11.7. The third-order valence-corrected chi connectivity index (χ3v) is 3.41. The van der Waals surface area contributed by atoms with Crippen molar-refractivity contribution in [2.75, 3.05) is 0 Å². The van der Waals surface area contributed by atoms with E-state index in [1.807, 2.05) is 0 Å². The molecule has 0 aromatic heterocycles. The van der Waals surface area contributed by atoms with Crippen LogP contribution in [0.5, 0.6) is 0 Å². The molecule has 0 N–H and O–H groups in total. The minimum Gasteiger partial charge on any atom is -0.295 e. The summed E-state index contributed by atoms with van der Waals surface area (Å²) in [7, 11) is 0. The molecule has 0 aliphatic heterocycles. The Labute approximate surface area is 100 Å². The van der Waals surface area contributed by atoms with Crippen LogP contribution in [0.1, 0.15) is 77.6 Å². The van der Waals surface area contributed by atoms with E-state index in [1.54, 1.807) is 0 Å². The second-order valence-corrected chi connectivity index (χ2v) is 4.92. The monoisotopic (exact) mass is 222 g/mol. The first-order valence-electron chi connectivity index (χ1n) is 7.07. The largest absolute Gasteiger partial charge is 0.295 e. The minimum absolute atomic E-state index is 0.422. The van der Waals surface area contributed by atoms with Crippen molar-refractivity contribution in [1.82, 2.24) is 0 Å². The third-order valence-electron chi connectivity index (χ3n) is 3.41. The van der Waals surface area contributed by atoms with E-state index >= 15 is 0 Å². The van der Waals surface area contributed by atoms with Crippen molar-refractivity contribution in [3.63, 3.8) is 0 Å². The molecule has 1 nitrogen and oxygen atoms in total. The number of unbranched alkanes of at least 4 members (excludes halogenated alkanes) is 6. The third kappa shape index (κ3) is 5.48. The van der Waals surface area contributed by atoms with Crippen LogP contribution in [0.2, 0.25) is 0 Å². The lowest BCUT2D eigenvalue weighted by Crippen LogP contribution is -2.00. The number of carbonyl (C=O) groups excluding carboxylic acids is 1. The topological polar surface area (TPSA) is 17.1 Å². The van der Waals surface area contributed by atoms with Crippen molar-refractivity contribution in [2.24, 2.45) is 0 Å². The standard InChI is InChI=1S/C15H26O/c1-2-3-4-5-6-7-8-13-15(16)14-11-9-10-12-14/h11H,2-10,12-13H2,1H3. The first-order valence-corrected chi connectivity index (χ1v) is 7.07. The SMILES string of the molecule is CCCCCCCCCC(=O)C1=CCCC1. The predicted octanol–water partition coefficient (Wildman–Crippen LogP) is 4.81. The summed E-state index contributed by atoms with van der Waals surface area (Å²) in [5.74, 6) is 0.422. The van der Waals surface area contributed by atoms with E-state index in [-0.39, 0.29) is 0 Å². The Morgan fingerprint density at radius 2 is 1.81 bits per heavy atom. The van der Waals surface area contributed by atoms with Crippen LogP contribution in [0.25, 0.3) is 0 Å². The van der Waals surface area contributed by atoms with E-state index in [0.717, 1.165) is 31.3 Å². The van der Waals surface area contributed by atoms with Gasteiger partial charge in [0.05, 0.1) is 0 Å². The normalized spacial score (nSPS) is 15.2. The number of hydrogen-bond donors (Lipinski definition) is 0. The fraction of sp³-hybridized carbons (Fsp3) is 0.800. The molecule has 0 aromatic carbocycles. The van der Waals surface area contributed by atoms with Gasteiger partial charge in [0.25, 0.3) is 0 Å². The lowest BCUT2D eigenvalue weighted by molar-refractivity contribution is -0.115. The van der Waals surface area contributed by atoms with Crippen molar-refractivity contribution in [1.29, 1.82) is 0 Å². The lowest BCUT2D eigenvalue weighted by atomic mass is 10.0. The summed E-state index contributed by atoms with van der Waals surface area (Å²) in [6, 6.07) is 0. The molecular formula is C15H26O. The minimum atomic E-state index is 0.422. The number of ketones is 1. The van der Waals surface area contributed by atoms with Crippen LogP contribution in [0.15, 0.2) is 11.6 Å². The molecule has 0 aromatic rings. The van der Waals surface area contributed by atoms with E-state index in [1.165, 1.54) is 44.9 Å². The molecule has 0 unspecified atom stereocenters. The second-order valence-electron chi connectivity index (χ2n) is 4.92. The van der Waals surface area contributed by atoms with Gasteiger partial charge in [-0.1, -0.05) is 51.5 Å². The van der Waals surface area contributed by atoms with Gasteiger partial charge in [-0.2, -0.15) is 0 Å². The average Bonchev–Trinajstić information content (AvgIpc) is 2.81. The average molecular weight is 222 g/mol. The van der Waals surface area contributed by atoms with E-state index in [2.05, 4.69) is 13.0 Å². The van der Waals surface area contributed by atoms with Gasteiger partial charge < -0.3 is 0 Å². The number of carbonyl (C=O) groups is 1. The van der Waals surface area contributed by atoms with E-state index in [4.69, 9.17) is 0 Å². The van der Waals surface area contributed by atoms with Crippen LogP contribution in [0, 0.1) is 0 Å². The number of Topliss-reactive ketones (excluding diaryl/α,β-unsaturated/α-hetero) is 1. The Morgan fingerprint density at radius 1 is 1.12 bits per heavy atom. The first kappa shape index (κ1) is 13.5. The number of allylic oxidation sites excluding steroid dienone is 2. The summed E-state index contributed by atoms with van der Waals surface area (Å²) in [6.07, 6.45) is 15.3. The lowest BCUT2D eigenvalue weighted by Gasteiger charge is -2.02.